The van der Waals surface area contributed by atoms with Crippen molar-refractivity contribution in [2.45, 2.75) is 76.3 Å². The number of anilines is 1. The Labute approximate surface area is 172 Å². The molecule has 6 heteroatoms. The molecule has 1 aromatic carbocycles. The smallest absolute Gasteiger partial charge is 0.249 e. The van der Waals surface area contributed by atoms with Crippen LogP contribution in [-0.4, -0.2) is 41.9 Å². The molecule has 1 unspecified atom stereocenters. The molecule has 29 heavy (non-hydrogen) atoms. The van der Waals surface area contributed by atoms with Crippen LogP contribution in [-0.2, 0) is 9.59 Å². The lowest BCUT2D eigenvalue weighted by molar-refractivity contribution is -0.133. The zero-order valence-electron chi connectivity index (χ0n) is 17.3. The van der Waals surface area contributed by atoms with Crippen LogP contribution < -0.4 is 10.6 Å². The Morgan fingerprint density at radius 1 is 1.03 bits per heavy atom. The SMILES string of the molecule is CC1CCC(N2CCC(c3ccc(NC4CCC(=O)NC4=O)cc3F)CC2)CC1. The summed E-state index contributed by atoms with van der Waals surface area (Å²) < 4.78 is 14.8. The molecule has 4 rings (SSSR count). The molecule has 1 atom stereocenters. The number of piperidine rings is 2. The maximum atomic E-state index is 14.8. The third kappa shape index (κ3) is 4.80. The Kier molecular flexibility index (Phi) is 6.18. The van der Waals surface area contributed by atoms with E-state index in [-0.39, 0.29) is 23.5 Å². The van der Waals surface area contributed by atoms with Crippen molar-refractivity contribution in [2.24, 2.45) is 5.92 Å². The fourth-order valence-corrected chi connectivity index (χ4v) is 5.16. The number of amides is 2. The highest BCUT2D eigenvalue weighted by Gasteiger charge is 2.30. The fraction of sp³-hybridized carbons (Fsp3) is 0.652. The number of likely N-dealkylation sites (tertiary alicyclic amines) is 1. The van der Waals surface area contributed by atoms with Crippen molar-refractivity contribution in [3.63, 3.8) is 0 Å². The van der Waals surface area contributed by atoms with Crippen LogP contribution in [0, 0.1) is 11.7 Å². The first-order valence-corrected chi connectivity index (χ1v) is 11.1. The van der Waals surface area contributed by atoms with Gasteiger partial charge in [-0.2, -0.15) is 0 Å². The normalized spacial score (nSPS) is 29.5. The summed E-state index contributed by atoms with van der Waals surface area (Å²) in [6.07, 6.45) is 8.03. The van der Waals surface area contributed by atoms with Gasteiger partial charge in [-0.1, -0.05) is 13.0 Å². The number of hydrogen-bond acceptors (Lipinski definition) is 4. The Balaban J connectivity index is 1.33. The molecule has 2 heterocycles. The predicted molar refractivity (Wildman–Crippen MR) is 111 cm³/mol. The van der Waals surface area contributed by atoms with Gasteiger partial charge in [-0.3, -0.25) is 14.9 Å². The molecule has 0 bridgehead atoms. The molecule has 0 spiro atoms. The number of imide groups is 1. The maximum absolute atomic E-state index is 14.8. The third-order valence-corrected chi connectivity index (χ3v) is 7.05. The van der Waals surface area contributed by atoms with E-state index in [1.54, 1.807) is 0 Å². The molecule has 0 radical (unpaired) electrons. The minimum atomic E-state index is -0.487. The number of hydrogen-bond donors (Lipinski definition) is 2. The van der Waals surface area contributed by atoms with Gasteiger partial charge >= 0.3 is 0 Å². The van der Waals surface area contributed by atoms with Gasteiger partial charge in [0.1, 0.15) is 11.9 Å². The number of nitrogens with one attached hydrogen (secondary N) is 2. The summed E-state index contributed by atoms with van der Waals surface area (Å²) in [5, 5.41) is 5.39. The lowest BCUT2D eigenvalue weighted by atomic mass is 9.83. The van der Waals surface area contributed by atoms with E-state index in [4.69, 9.17) is 0 Å². The van der Waals surface area contributed by atoms with Crippen molar-refractivity contribution >= 4 is 17.5 Å². The minimum absolute atomic E-state index is 0.202. The second-order valence-corrected chi connectivity index (χ2v) is 9.11. The number of carbonyl (C=O) groups excluding carboxylic acids is 2. The molecule has 0 aromatic heterocycles. The molecule has 5 nitrogen and oxygen atoms in total. The number of benzene rings is 1. The van der Waals surface area contributed by atoms with Crippen molar-refractivity contribution in [3.05, 3.63) is 29.6 Å². The largest absolute Gasteiger partial charge is 0.374 e. The molecule has 3 fully saturated rings. The average Bonchev–Trinajstić information content (AvgIpc) is 2.71. The molecule has 1 aromatic rings. The van der Waals surface area contributed by atoms with E-state index in [1.807, 2.05) is 12.1 Å². The van der Waals surface area contributed by atoms with Gasteiger partial charge in [-0.05, 0) is 87.6 Å². The van der Waals surface area contributed by atoms with Gasteiger partial charge in [0, 0.05) is 18.2 Å². The molecular formula is C23H32FN3O2. The first-order valence-electron chi connectivity index (χ1n) is 11.1. The summed E-state index contributed by atoms with van der Waals surface area (Å²) in [4.78, 5) is 25.8. The van der Waals surface area contributed by atoms with Crippen LogP contribution in [0.15, 0.2) is 18.2 Å². The Bertz CT molecular complexity index is 752. The quantitative estimate of drug-likeness (QED) is 0.754. The van der Waals surface area contributed by atoms with Crippen molar-refractivity contribution in [3.8, 4) is 0 Å². The van der Waals surface area contributed by atoms with Crippen molar-refractivity contribution in [1.29, 1.82) is 0 Å². The summed E-state index contributed by atoms with van der Waals surface area (Å²) in [5.74, 6) is 0.342. The molecule has 2 amide bonds. The number of rotatable bonds is 4. The zero-order chi connectivity index (χ0) is 20.4. The monoisotopic (exact) mass is 401 g/mol. The molecule has 1 saturated carbocycles. The van der Waals surface area contributed by atoms with Gasteiger partial charge in [0.2, 0.25) is 11.8 Å². The summed E-state index contributed by atoms with van der Waals surface area (Å²) in [5.41, 5.74) is 1.38. The third-order valence-electron chi connectivity index (χ3n) is 7.05. The summed E-state index contributed by atoms with van der Waals surface area (Å²) in [7, 11) is 0. The second kappa shape index (κ2) is 8.82. The van der Waals surface area contributed by atoms with Gasteiger partial charge < -0.3 is 10.2 Å². The van der Waals surface area contributed by atoms with Crippen LogP contribution in [0.1, 0.15) is 69.8 Å². The van der Waals surface area contributed by atoms with Crippen molar-refractivity contribution in [1.82, 2.24) is 10.2 Å². The highest BCUT2D eigenvalue weighted by atomic mass is 19.1. The van der Waals surface area contributed by atoms with E-state index >= 15 is 0 Å². The maximum Gasteiger partial charge on any atom is 0.249 e. The Hall–Kier alpha value is -1.95. The van der Waals surface area contributed by atoms with E-state index in [2.05, 4.69) is 22.5 Å². The van der Waals surface area contributed by atoms with Crippen LogP contribution in [0.2, 0.25) is 0 Å². The standard InChI is InChI=1S/C23H32FN3O2/c1-15-2-5-18(6-3-15)27-12-10-16(11-13-27)19-7-4-17(14-20(19)24)25-21-8-9-22(28)26-23(21)29/h4,7,14-16,18,21,25H,2-3,5-6,8-13H2,1H3,(H,26,28,29). The lowest BCUT2D eigenvalue weighted by Gasteiger charge is -2.40. The van der Waals surface area contributed by atoms with E-state index in [0.29, 0.717) is 18.5 Å². The lowest BCUT2D eigenvalue weighted by Crippen LogP contribution is -2.47. The number of halogens is 1. The average molecular weight is 402 g/mol. The van der Waals surface area contributed by atoms with Crippen LogP contribution >= 0.6 is 0 Å². The number of nitrogens with zero attached hydrogens (tertiary/aromatic N) is 1. The van der Waals surface area contributed by atoms with Crippen LogP contribution in [0.3, 0.4) is 0 Å². The summed E-state index contributed by atoms with van der Waals surface area (Å²) in [6.45, 7) is 4.46. The molecule has 2 aliphatic heterocycles. The fourth-order valence-electron chi connectivity index (χ4n) is 5.16. The second-order valence-electron chi connectivity index (χ2n) is 9.11. The van der Waals surface area contributed by atoms with E-state index in [9.17, 15) is 14.0 Å². The molecule has 1 aliphatic carbocycles. The van der Waals surface area contributed by atoms with Gasteiger partial charge in [0.25, 0.3) is 0 Å². The highest BCUT2D eigenvalue weighted by molar-refractivity contribution is 6.01. The van der Waals surface area contributed by atoms with Crippen molar-refractivity contribution in [2.75, 3.05) is 18.4 Å². The molecule has 2 N–H and O–H groups in total. The zero-order valence-corrected chi connectivity index (χ0v) is 17.3. The van der Waals surface area contributed by atoms with Gasteiger partial charge in [-0.15, -0.1) is 0 Å². The Morgan fingerprint density at radius 3 is 2.41 bits per heavy atom. The van der Waals surface area contributed by atoms with Gasteiger partial charge in [0.05, 0.1) is 0 Å². The molecule has 2 saturated heterocycles. The van der Waals surface area contributed by atoms with Crippen LogP contribution in [0.25, 0.3) is 0 Å². The van der Waals surface area contributed by atoms with Gasteiger partial charge in [-0.25, -0.2) is 4.39 Å². The van der Waals surface area contributed by atoms with E-state index in [1.165, 1.54) is 31.7 Å². The molecule has 3 aliphatic rings. The topological polar surface area (TPSA) is 61.4 Å². The van der Waals surface area contributed by atoms with Gasteiger partial charge in [0.15, 0.2) is 0 Å². The van der Waals surface area contributed by atoms with Crippen molar-refractivity contribution < 1.29 is 14.0 Å². The summed E-state index contributed by atoms with van der Waals surface area (Å²) in [6, 6.07) is 5.45. The van der Waals surface area contributed by atoms with Crippen LogP contribution in [0.4, 0.5) is 10.1 Å². The highest BCUT2D eigenvalue weighted by Crippen LogP contribution is 2.35. The molecule has 158 valence electrons. The first kappa shape index (κ1) is 20.3. The first-order chi connectivity index (χ1) is 14.0. The summed E-state index contributed by atoms with van der Waals surface area (Å²) >= 11 is 0. The van der Waals surface area contributed by atoms with E-state index < -0.39 is 6.04 Å². The Morgan fingerprint density at radius 2 is 1.76 bits per heavy atom. The van der Waals surface area contributed by atoms with Crippen LogP contribution in [0.5, 0.6) is 0 Å². The minimum Gasteiger partial charge on any atom is -0.374 e. The van der Waals surface area contributed by atoms with E-state index in [0.717, 1.165) is 43.5 Å². The number of carbonyl (C=O) groups is 2. The predicted octanol–water partition coefficient (Wildman–Crippen LogP) is 3.80. The molecular weight excluding hydrogens is 369 g/mol.